The quantitative estimate of drug-likeness (QED) is 0.0195. The molecule has 0 saturated heterocycles. The van der Waals surface area contributed by atoms with E-state index in [1.807, 2.05) is 21.1 Å². The van der Waals surface area contributed by atoms with Crippen LogP contribution in [0.5, 0.6) is 0 Å². The number of carbonyl (C=O) groups is 2. The highest BCUT2D eigenvalue weighted by Gasteiger charge is 2.22. The first-order valence-electron chi connectivity index (χ1n) is 31.2. The van der Waals surface area contributed by atoms with Gasteiger partial charge in [0.05, 0.1) is 27.7 Å². The van der Waals surface area contributed by atoms with Gasteiger partial charge in [0.25, 0.3) is 7.82 Å². The third-order valence-electron chi connectivity index (χ3n) is 12.9. The lowest BCUT2D eigenvalue weighted by molar-refractivity contribution is -0.870. The Bertz CT molecular complexity index is 1730. The Hall–Kier alpha value is -3.59. The Labute approximate surface area is 479 Å². The number of esters is 2. The summed E-state index contributed by atoms with van der Waals surface area (Å²) in [6, 6.07) is 0. The van der Waals surface area contributed by atoms with Crippen LogP contribution in [-0.2, 0) is 32.7 Å². The number of rotatable bonds is 56. The van der Waals surface area contributed by atoms with Crippen LogP contribution in [0.3, 0.4) is 0 Å². The van der Waals surface area contributed by atoms with Crippen LogP contribution in [0.2, 0.25) is 0 Å². The summed E-state index contributed by atoms with van der Waals surface area (Å²) in [6.45, 7) is 4.03. The molecule has 0 saturated carbocycles. The van der Waals surface area contributed by atoms with Crippen LogP contribution in [-0.4, -0.2) is 70.0 Å². The second-order valence-corrected chi connectivity index (χ2v) is 23.1. The molecule has 0 amide bonds. The molecule has 0 rings (SSSR count). The normalized spacial score (nSPS) is 14.1. The lowest BCUT2D eigenvalue weighted by Crippen LogP contribution is -2.37. The number of carbonyl (C=O) groups excluding carboxylic acids is 2. The van der Waals surface area contributed by atoms with Gasteiger partial charge in [0.15, 0.2) is 6.10 Å². The van der Waals surface area contributed by atoms with Gasteiger partial charge in [0, 0.05) is 12.8 Å². The van der Waals surface area contributed by atoms with Gasteiger partial charge in [-0.25, -0.2) is 0 Å². The summed E-state index contributed by atoms with van der Waals surface area (Å²) in [7, 11) is 1.15. The molecule has 0 aromatic carbocycles. The van der Waals surface area contributed by atoms with Crippen LogP contribution in [0.25, 0.3) is 0 Å². The van der Waals surface area contributed by atoms with Gasteiger partial charge in [-0.1, -0.05) is 251 Å². The molecule has 9 nitrogen and oxygen atoms in total. The van der Waals surface area contributed by atoms with E-state index in [0.717, 1.165) is 116 Å². The van der Waals surface area contributed by atoms with E-state index in [9.17, 15) is 19.0 Å². The highest BCUT2D eigenvalue weighted by atomic mass is 31.2. The fourth-order valence-electron chi connectivity index (χ4n) is 8.18. The number of allylic oxidation sites excluding steroid dienone is 20. The summed E-state index contributed by atoms with van der Waals surface area (Å²) in [6.07, 6.45) is 82.7. The number of phosphoric ester groups is 1. The second-order valence-electron chi connectivity index (χ2n) is 21.7. The number of hydrogen-bond acceptors (Lipinski definition) is 8. The molecule has 0 radical (unpaired) electrons. The lowest BCUT2D eigenvalue weighted by atomic mass is 10.0. The summed E-state index contributed by atoms with van der Waals surface area (Å²) in [5.41, 5.74) is 0. The molecule has 446 valence electrons. The van der Waals surface area contributed by atoms with Crippen molar-refractivity contribution in [1.29, 1.82) is 0 Å². The Kier molecular flexibility index (Phi) is 55.4. The number of hydrogen-bond donors (Lipinski definition) is 0. The van der Waals surface area contributed by atoms with Gasteiger partial charge >= 0.3 is 11.9 Å². The Morgan fingerprint density at radius 3 is 1.09 bits per heavy atom. The minimum atomic E-state index is -4.64. The number of likely N-dealkylation sites (N-methyl/N-ethyl adjacent to an activating group) is 1. The molecular formula is C68H116NO8P. The number of phosphoric acid groups is 1. The van der Waals surface area contributed by atoms with E-state index >= 15 is 0 Å². The zero-order valence-corrected chi connectivity index (χ0v) is 51.5. The largest absolute Gasteiger partial charge is 0.756 e. The standard InChI is InChI=1S/C68H116NO8P/c1-6-8-10-12-14-16-18-20-21-22-23-24-25-26-27-28-29-30-31-32-33-34-35-36-37-38-39-40-41-42-43-44-45-46-47-49-51-53-55-57-59-61-68(71)77-66(65-76-78(72,73)75-63-62-69(3,4)5)64-74-67(70)60-58-56-54-52-50-48-19-17-15-13-11-9-7-2/h8,10-11,13-14,16-17,19-21,23-24,26-27,29-30,32-33,35-36,66H,6-7,9,12,15,18,22,25,28,31,34,37-65H2,1-5H3/b10-8-,13-11-,16-14-,19-17-,21-20-,24-23-,27-26-,30-29-,33-32-,36-35-. The van der Waals surface area contributed by atoms with Crippen molar-refractivity contribution in [2.45, 2.75) is 251 Å². The van der Waals surface area contributed by atoms with Gasteiger partial charge in [-0.2, -0.15) is 0 Å². The number of unbranched alkanes of at least 4 members (excludes halogenated alkanes) is 22. The van der Waals surface area contributed by atoms with Crippen LogP contribution in [0.15, 0.2) is 122 Å². The van der Waals surface area contributed by atoms with Crippen molar-refractivity contribution in [2.24, 2.45) is 0 Å². The van der Waals surface area contributed by atoms with Crippen LogP contribution in [0, 0.1) is 0 Å². The van der Waals surface area contributed by atoms with E-state index < -0.39 is 32.5 Å². The third kappa shape index (κ3) is 61.6. The predicted octanol–water partition coefficient (Wildman–Crippen LogP) is 19.3. The fourth-order valence-corrected chi connectivity index (χ4v) is 8.91. The topological polar surface area (TPSA) is 111 Å². The Balaban J connectivity index is 3.98. The fraction of sp³-hybridized carbons (Fsp3) is 0.676. The molecule has 10 heteroatoms. The van der Waals surface area contributed by atoms with Crippen LogP contribution >= 0.6 is 7.82 Å². The van der Waals surface area contributed by atoms with Gasteiger partial charge in [0.1, 0.15) is 19.8 Å². The predicted molar refractivity (Wildman–Crippen MR) is 332 cm³/mol. The summed E-state index contributed by atoms with van der Waals surface area (Å²) < 4.78 is 34.1. The highest BCUT2D eigenvalue weighted by molar-refractivity contribution is 7.45. The molecule has 0 aliphatic heterocycles. The van der Waals surface area contributed by atoms with Gasteiger partial charge in [-0.3, -0.25) is 14.2 Å². The maximum Gasteiger partial charge on any atom is 0.306 e. The zero-order valence-electron chi connectivity index (χ0n) is 50.6. The summed E-state index contributed by atoms with van der Waals surface area (Å²) >= 11 is 0. The van der Waals surface area contributed by atoms with Crippen molar-refractivity contribution in [1.82, 2.24) is 0 Å². The van der Waals surface area contributed by atoms with E-state index in [0.29, 0.717) is 23.9 Å². The van der Waals surface area contributed by atoms with Crippen molar-refractivity contribution < 1.29 is 42.1 Å². The van der Waals surface area contributed by atoms with Crippen LogP contribution < -0.4 is 4.89 Å². The van der Waals surface area contributed by atoms with E-state index in [2.05, 4.69) is 135 Å². The first kappa shape index (κ1) is 74.4. The summed E-state index contributed by atoms with van der Waals surface area (Å²) in [5.74, 6) is -0.852. The van der Waals surface area contributed by atoms with Crippen LogP contribution in [0.1, 0.15) is 245 Å². The average molecular weight is 1110 g/mol. The molecule has 2 atom stereocenters. The first-order valence-corrected chi connectivity index (χ1v) is 32.7. The number of ether oxygens (including phenoxy) is 2. The number of nitrogens with zero attached hydrogens (tertiary/aromatic N) is 1. The third-order valence-corrected chi connectivity index (χ3v) is 13.9. The lowest BCUT2D eigenvalue weighted by Gasteiger charge is -2.28. The molecule has 0 fully saturated rings. The molecule has 2 unspecified atom stereocenters. The highest BCUT2D eigenvalue weighted by Crippen LogP contribution is 2.38. The molecule has 0 heterocycles. The van der Waals surface area contributed by atoms with Crippen molar-refractivity contribution in [2.75, 3.05) is 47.5 Å². The minimum Gasteiger partial charge on any atom is -0.756 e. The average Bonchev–Trinajstić information content (AvgIpc) is 3.40. The first-order chi connectivity index (χ1) is 38.0. The van der Waals surface area contributed by atoms with E-state index in [1.165, 1.54) is 89.9 Å². The maximum absolute atomic E-state index is 12.8. The Morgan fingerprint density at radius 1 is 0.410 bits per heavy atom. The molecule has 0 bridgehead atoms. The minimum absolute atomic E-state index is 0.0370. The second kappa shape index (κ2) is 58.1. The summed E-state index contributed by atoms with van der Waals surface area (Å²) in [5, 5.41) is 0. The Morgan fingerprint density at radius 2 is 0.731 bits per heavy atom. The number of quaternary nitrogens is 1. The molecular weight excluding hydrogens is 990 g/mol. The van der Waals surface area contributed by atoms with Gasteiger partial charge in [-0.05, 0) is 103 Å². The molecule has 0 N–H and O–H groups in total. The molecule has 0 aromatic heterocycles. The summed E-state index contributed by atoms with van der Waals surface area (Å²) in [4.78, 5) is 37.8. The van der Waals surface area contributed by atoms with Crippen LogP contribution in [0.4, 0.5) is 0 Å². The molecule has 0 aromatic rings. The zero-order chi connectivity index (χ0) is 57.0. The van der Waals surface area contributed by atoms with Crippen molar-refractivity contribution >= 4 is 19.8 Å². The molecule has 0 aliphatic carbocycles. The van der Waals surface area contributed by atoms with Crippen molar-refractivity contribution in [3.8, 4) is 0 Å². The smallest absolute Gasteiger partial charge is 0.306 e. The molecule has 78 heavy (non-hydrogen) atoms. The van der Waals surface area contributed by atoms with Gasteiger partial charge in [0.2, 0.25) is 0 Å². The monoisotopic (exact) mass is 1110 g/mol. The van der Waals surface area contributed by atoms with Crippen molar-refractivity contribution in [3.05, 3.63) is 122 Å². The van der Waals surface area contributed by atoms with Gasteiger partial charge < -0.3 is 27.9 Å². The molecule has 0 aliphatic rings. The van der Waals surface area contributed by atoms with E-state index in [1.54, 1.807) is 0 Å². The molecule has 0 spiro atoms. The van der Waals surface area contributed by atoms with Crippen molar-refractivity contribution in [3.63, 3.8) is 0 Å². The van der Waals surface area contributed by atoms with E-state index in [-0.39, 0.29) is 26.1 Å². The maximum atomic E-state index is 12.8. The SMILES string of the molecule is CC/C=C\C/C=C\C/C=C\C/C=C\C/C=C\C/C=C\C/C=C\C/C=C\CCCCCCCCCCCCCCCCCCC(=O)OC(COC(=O)CCCCCCC/C=C\C/C=C\CCC)COP(=O)([O-])OCC[N+](C)(C)C. The van der Waals surface area contributed by atoms with Gasteiger partial charge in [-0.15, -0.1) is 0 Å². The van der Waals surface area contributed by atoms with E-state index in [4.69, 9.17) is 18.5 Å².